The van der Waals surface area contributed by atoms with Crippen molar-refractivity contribution in [3.63, 3.8) is 0 Å². The Hall–Kier alpha value is -2.35. The van der Waals surface area contributed by atoms with E-state index in [-0.39, 0.29) is 11.9 Å². The minimum Gasteiger partial charge on any atom is -0.327 e. The summed E-state index contributed by atoms with van der Waals surface area (Å²) in [6, 6.07) is 18.9. The smallest absolute Gasteiger partial charge is 0.229 e. The molecule has 2 nitrogen and oxygen atoms in total. The van der Waals surface area contributed by atoms with E-state index in [2.05, 4.69) is 66.4 Å². The van der Waals surface area contributed by atoms with E-state index in [1.165, 1.54) is 22.3 Å². The van der Waals surface area contributed by atoms with Crippen LogP contribution < -0.4 is 0 Å². The van der Waals surface area contributed by atoms with Crippen LogP contribution in [0.3, 0.4) is 0 Å². The molecule has 1 atom stereocenters. The number of amides is 1. The second kappa shape index (κ2) is 7.49. The van der Waals surface area contributed by atoms with Gasteiger partial charge in [-0.1, -0.05) is 94.8 Å². The molecule has 1 heterocycles. The molecule has 0 aliphatic carbocycles. The first-order valence-corrected chi connectivity index (χ1v) is 9.56. The molecule has 1 aliphatic heterocycles. The van der Waals surface area contributed by atoms with Crippen LogP contribution in [0.15, 0.2) is 60.2 Å². The van der Waals surface area contributed by atoms with E-state index in [0.29, 0.717) is 6.54 Å². The summed E-state index contributed by atoms with van der Waals surface area (Å²) in [5.74, 6) is 0.199. The maximum Gasteiger partial charge on any atom is 0.229 e. The third-order valence-electron chi connectivity index (χ3n) is 4.96. The highest BCUT2D eigenvalue weighted by Crippen LogP contribution is 2.39. The lowest BCUT2D eigenvalue weighted by molar-refractivity contribution is -0.142. The zero-order valence-electron chi connectivity index (χ0n) is 16.3. The first kappa shape index (κ1) is 18.4. The molecule has 1 amide bonds. The highest BCUT2D eigenvalue weighted by atomic mass is 16.2. The summed E-state index contributed by atoms with van der Waals surface area (Å²) >= 11 is 0. The molecule has 0 bridgehead atoms. The van der Waals surface area contributed by atoms with Crippen molar-refractivity contribution in [1.82, 2.24) is 4.90 Å². The van der Waals surface area contributed by atoms with Crippen molar-refractivity contribution in [1.29, 1.82) is 0 Å². The van der Waals surface area contributed by atoms with Gasteiger partial charge < -0.3 is 4.90 Å². The van der Waals surface area contributed by atoms with Crippen molar-refractivity contribution in [2.45, 2.75) is 53.1 Å². The second-order valence-electron chi connectivity index (χ2n) is 8.16. The molecule has 136 valence electrons. The van der Waals surface area contributed by atoms with E-state index in [9.17, 15) is 4.79 Å². The molecule has 0 aromatic heterocycles. The minimum absolute atomic E-state index is 0.00438. The number of benzene rings is 2. The Bertz CT molecular complexity index is 798. The van der Waals surface area contributed by atoms with Crippen LogP contribution >= 0.6 is 0 Å². The molecule has 0 fully saturated rings. The van der Waals surface area contributed by atoms with Gasteiger partial charge in [-0.3, -0.25) is 4.79 Å². The van der Waals surface area contributed by atoms with Gasteiger partial charge in [0.25, 0.3) is 0 Å². The predicted octanol–water partition coefficient (Wildman–Crippen LogP) is 6.00. The van der Waals surface area contributed by atoms with Gasteiger partial charge in [0.05, 0.1) is 6.04 Å². The molecule has 0 saturated carbocycles. The zero-order valence-corrected chi connectivity index (χ0v) is 16.3. The highest BCUT2D eigenvalue weighted by Gasteiger charge is 2.35. The van der Waals surface area contributed by atoms with Crippen LogP contribution in [0.25, 0.3) is 6.08 Å². The monoisotopic (exact) mass is 347 g/mol. The lowest BCUT2D eigenvalue weighted by Gasteiger charge is -2.37. The average molecular weight is 348 g/mol. The predicted molar refractivity (Wildman–Crippen MR) is 109 cm³/mol. The Morgan fingerprint density at radius 3 is 2.35 bits per heavy atom. The average Bonchev–Trinajstić information content (AvgIpc) is 2.78. The summed E-state index contributed by atoms with van der Waals surface area (Å²) in [7, 11) is 0. The van der Waals surface area contributed by atoms with Crippen LogP contribution in [0.5, 0.6) is 0 Å². The van der Waals surface area contributed by atoms with Crippen LogP contribution in [0.4, 0.5) is 0 Å². The number of hydrogen-bond acceptors (Lipinski definition) is 1. The molecule has 3 rings (SSSR count). The number of rotatable bonds is 3. The fourth-order valence-corrected chi connectivity index (χ4v) is 3.72. The van der Waals surface area contributed by atoms with E-state index in [1.54, 1.807) is 0 Å². The molecule has 2 heteroatoms. The number of carbonyl (C=O) groups excluding carboxylic acids is 1. The van der Waals surface area contributed by atoms with Gasteiger partial charge in [-0.2, -0.15) is 0 Å². The number of nitrogens with zero attached hydrogens (tertiary/aromatic N) is 1. The molecule has 0 saturated heterocycles. The maximum absolute atomic E-state index is 13.4. The van der Waals surface area contributed by atoms with Crippen molar-refractivity contribution in [3.8, 4) is 0 Å². The fraction of sp³-hybridized carbons (Fsp3) is 0.375. The lowest BCUT2D eigenvalue weighted by Crippen LogP contribution is -2.41. The van der Waals surface area contributed by atoms with Gasteiger partial charge in [-0.25, -0.2) is 0 Å². The van der Waals surface area contributed by atoms with Crippen molar-refractivity contribution in [2.75, 3.05) is 0 Å². The van der Waals surface area contributed by atoms with E-state index < -0.39 is 5.41 Å². The molecule has 2 aromatic rings. The molecule has 1 aliphatic rings. The number of hydrogen-bond donors (Lipinski definition) is 0. The normalized spacial score (nSPS) is 17.3. The van der Waals surface area contributed by atoms with Crippen molar-refractivity contribution < 1.29 is 4.79 Å². The van der Waals surface area contributed by atoms with Gasteiger partial charge in [0.2, 0.25) is 5.91 Å². The number of fused-ring (bicyclic) bond motifs is 1. The molecule has 26 heavy (non-hydrogen) atoms. The molecular formula is C24H29NO. The SMILES string of the molecule is CCCC1=Cc2ccccc2CN(C(=O)C(C)(C)C)C1c1ccccc1. The van der Waals surface area contributed by atoms with Crippen LogP contribution in [-0.2, 0) is 11.3 Å². The fourth-order valence-electron chi connectivity index (χ4n) is 3.72. The Kier molecular flexibility index (Phi) is 5.31. The maximum atomic E-state index is 13.4. The Labute approximate surface area is 157 Å². The van der Waals surface area contributed by atoms with Crippen LogP contribution in [0.1, 0.15) is 63.3 Å². The molecule has 0 radical (unpaired) electrons. The van der Waals surface area contributed by atoms with E-state index in [0.717, 1.165) is 12.8 Å². The van der Waals surface area contributed by atoms with Gasteiger partial charge in [-0.05, 0) is 28.7 Å². The molecular weight excluding hydrogens is 318 g/mol. The third kappa shape index (κ3) is 3.75. The third-order valence-corrected chi connectivity index (χ3v) is 4.96. The minimum atomic E-state index is -0.413. The van der Waals surface area contributed by atoms with E-state index >= 15 is 0 Å². The van der Waals surface area contributed by atoms with Gasteiger partial charge in [0.15, 0.2) is 0 Å². The quantitative estimate of drug-likeness (QED) is 0.667. The van der Waals surface area contributed by atoms with Crippen LogP contribution in [0, 0.1) is 5.41 Å². The highest BCUT2D eigenvalue weighted by molar-refractivity contribution is 5.83. The van der Waals surface area contributed by atoms with Crippen LogP contribution in [-0.4, -0.2) is 10.8 Å². The van der Waals surface area contributed by atoms with Gasteiger partial charge >= 0.3 is 0 Å². The van der Waals surface area contributed by atoms with Crippen molar-refractivity contribution in [3.05, 3.63) is 76.9 Å². The molecule has 0 N–H and O–H groups in total. The van der Waals surface area contributed by atoms with E-state index in [1.807, 2.05) is 26.8 Å². The molecule has 0 spiro atoms. The van der Waals surface area contributed by atoms with E-state index in [4.69, 9.17) is 0 Å². The standard InChI is InChI=1S/C24H29NO/c1-5-11-20-16-19-14-9-10-15-21(19)17-25(23(26)24(2,3)4)22(20)18-12-7-6-8-13-18/h6-10,12-16,22H,5,11,17H2,1-4H3. The lowest BCUT2D eigenvalue weighted by atomic mass is 9.89. The number of carbonyl (C=O) groups is 1. The summed E-state index contributed by atoms with van der Waals surface area (Å²) in [4.78, 5) is 15.5. The summed E-state index contributed by atoms with van der Waals surface area (Å²) < 4.78 is 0. The Morgan fingerprint density at radius 2 is 1.69 bits per heavy atom. The summed E-state index contributed by atoms with van der Waals surface area (Å²) in [5.41, 5.74) is 4.56. The second-order valence-corrected chi connectivity index (χ2v) is 8.16. The summed E-state index contributed by atoms with van der Waals surface area (Å²) in [6.45, 7) is 8.89. The molecule has 2 aromatic carbocycles. The van der Waals surface area contributed by atoms with Gasteiger partial charge in [-0.15, -0.1) is 0 Å². The van der Waals surface area contributed by atoms with Gasteiger partial charge in [0, 0.05) is 12.0 Å². The largest absolute Gasteiger partial charge is 0.327 e. The topological polar surface area (TPSA) is 20.3 Å². The summed E-state index contributed by atoms with van der Waals surface area (Å²) in [6.07, 6.45) is 4.36. The Balaban J connectivity index is 2.18. The first-order chi connectivity index (χ1) is 12.4. The van der Waals surface area contributed by atoms with Gasteiger partial charge in [0.1, 0.15) is 0 Å². The Morgan fingerprint density at radius 1 is 1.04 bits per heavy atom. The van der Waals surface area contributed by atoms with Crippen LogP contribution in [0.2, 0.25) is 0 Å². The first-order valence-electron chi connectivity index (χ1n) is 9.56. The zero-order chi connectivity index (χ0) is 18.7. The van der Waals surface area contributed by atoms with Crippen molar-refractivity contribution >= 4 is 12.0 Å². The summed E-state index contributed by atoms with van der Waals surface area (Å²) in [5, 5.41) is 0. The molecule has 1 unspecified atom stereocenters. The van der Waals surface area contributed by atoms with Crippen molar-refractivity contribution in [2.24, 2.45) is 5.41 Å².